The molecular weight excluding hydrogens is 167 g/mol. The molecule has 0 bridgehead atoms. The Labute approximate surface area is 86.5 Å². The third-order valence-corrected chi connectivity index (χ3v) is 0. The first-order valence-corrected chi connectivity index (χ1v) is 0.224. The molecule has 0 heterocycles. The molecule has 0 atom stereocenters. The molecule has 0 N–H and O–H groups in total. The maximum atomic E-state index is 6.25. The standard InChI is InChI=1S/CN.Fe.Rb.H/c1-2;;;/q-1;;+1;-1. The van der Waals surface area contributed by atoms with E-state index in [0.29, 0.717) is 0 Å². The molecule has 0 aromatic rings. The zero-order valence-corrected chi connectivity index (χ0v) is 8.32. The quantitative estimate of drug-likeness (QED) is 0.283. The summed E-state index contributed by atoms with van der Waals surface area (Å²) in [5, 5.41) is 6.25. The third-order valence-electron chi connectivity index (χ3n) is 0. The minimum absolute atomic E-state index is 0. The van der Waals surface area contributed by atoms with E-state index in [1.807, 2.05) is 0 Å². The van der Waals surface area contributed by atoms with Crippen molar-refractivity contribution in [2.45, 2.75) is 0 Å². The minimum atomic E-state index is 0. The molecule has 4 heavy (non-hydrogen) atoms. The van der Waals surface area contributed by atoms with Crippen molar-refractivity contribution >= 4 is 0 Å². The minimum Gasteiger partial charge on any atom is -1.00 e. The molecule has 1 nitrogen and oxygen atoms in total. The first-order chi connectivity index (χ1) is 1.00. The van der Waals surface area contributed by atoms with Crippen LogP contribution in [-0.4, -0.2) is 0 Å². The fourth-order valence-corrected chi connectivity index (χ4v) is 0. The van der Waals surface area contributed by atoms with Gasteiger partial charge in [0.2, 0.25) is 0 Å². The van der Waals surface area contributed by atoms with Gasteiger partial charge < -0.3 is 13.3 Å². The maximum Gasteiger partial charge on any atom is 1.00 e. The predicted octanol–water partition coefficient (Wildman–Crippen LogP) is -2.79. The summed E-state index contributed by atoms with van der Waals surface area (Å²) in [6, 6.07) is 0. The van der Waals surface area contributed by atoms with Crippen LogP contribution in [0.15, 0.2) is 0 Å². The van der Waals surface area contributed by atoms with Gasteiger partial charge in [-0.05, 0) is 0 Å². The van der Waals surface area contributed by atoms with Gasteiger partial charge in [-0.15, -0.1) is 0 Å². The molecule has 0 spiro atoms. The van der Waals surface area contributed by atoms with Crippen LogP contribution in [0.3, 0.4) is 0 Å². The Balaban J connectivity index is -0.00000000167. The van der Waals surface area contributed by atoms with Crippen LogP contribution in [0.1, 0.15) is 1.43 Å². The van der Waals surface area contributed by atoms with Crippen LogP contribution < -0.4 is 58.2 Å². The summed E-state index contributed by atoms with van der Waals surface area (Å²) in [6.45, 7) is 4.75. The average Bonchev–Trinajstić information content (AvgIpc) is 1.00. The second-order valence-electron chi connectivity index (χ2n) is 0. The summed E-state index contributed by atoms with van der Waals surface area (Å²) < 4.78 is 0. The van der Waals surface area contributed by atoms with Crippen LogP contribution in [0.25, 0.3) is 0 Å². The molecule has 0 radical (unpaired) electrons. The molecule has 3 heteroatoms. The van der Waals surface area contributed by atoms with E-state index in [-0.39, 0.29) is 76.7 Å². The molecule has 20 valence electrons. The smallest absolute Gasteiger partial charge is 1.00 e. The zero-order chi connectivity index (χ0) is 2.00. The van der Waals surface area contributed by atoms with E-state index in [9.17, 15) is 0 Å². The molecule has 0 saturated heterocycles. The van der Waals surface area contributed by atoms with Crippen molar-refractivity contribution in [1.82, 2.24) is 0 Å². The van der Waals surface area contributed by atoms with Crippen molar-refractivity contribution in [3.05, 3.63) is 6.57 Å². The van der Waals surface area contributed by atoms with E-state index >= 15 is 0 Å². The monoisotopic (exact) mass is 168 g/mol. The van der Waals surface area contributed by atoms with Crippen molar-refractivity contribution in [2.75, 3.05) is 0 Å². The fourth-order valence-electron chi connectivity index (χ4n) is 0. The van der Waals surface area contributed by atoms with Gasteiger partial charge in [0.1, 0.15) is 0 Å². The molecule has 0 aliphatic carbocycles. The fraction of sp³-hybridized carbons (Fsp3) is 0. The van der Waals surface area contributed by atoms with Gasteiger partial charge in [0.05, 0.1) is 0 Å². The van der Waals surface area contributed by atoms with Gasteiger partial charge in [-0.25, -0.2) is 0 Å². The van der Waals surface area contributed by atoms with Gasteiger partial charge in [0, 0.05) is 17.1 Å². The first kappa shape index (κ1) is 17.0. The summed E-state index contributed by atoms with van der Waals surface area (Å²) in [5.74, 6) is 0. The van der Waals surface area contributed by atoms with Crippen molar-refractivity contribution in [3.63, 3.8) is 0 Å². The SMILES string of the molecule is [C-]#N.[Fe].[H-].[Rb+]. The third kappa shape index (κ3) is 9.18. The molecule has 0 saturated carbocycles. The van der Waals surface area contributed by atoms with E-state index in [4.69, 9.17) is 11.8 Å². The van der Waals surface area contributed by atoms with Gasteiger partial charge in [-0.1, -0.05) is 0 Å². The van der Waals surface area contributed by atoms with Gasteiger partial charge in [-0.3, -0.25) is 0 Å². The Morgan fingerprint density at radius 2 is 1.50 bits per heavy atom. The second kappa shape index (κ2) is 21.3. The number of nitrogens with zero attached hydrogens (tertiary/aromatic N) is 1. The van der Waals surface area contributed by atoms with Gasteiger partial charge in [0.25, 0.3) is 0 Å². The number of hydrogen-bond donors (Lipinski definition) is 0. The van der Waals surface area contributed by atoms with Crippen molar-refractivity contribution in [2.24, 2.45) is 0 Å². The summed E-state index contributed by atoms with van der Waals surface area (Å²) in [6.07, 6.45) is 0. The van der Waals surface area contributed by atoms with Crippen molar-refractivity contribution in [3.8, 4) is 0 Å². The maximum absolute atomic E-state index is 6.25. The zero-order valence-electron chi connectivity index (χ0n) is 3.30. The van der Waals surface area contributed by atoms with Crippen LogP contribution >= 0.6 is 0 Å². The summed E-state index contributed by atoms with van der Waals surface area (Å²) >= 11 is 0. The molecule has 0 fully saturated rings. The van der Waals surface area contributed by atoms with Crippen LogP contribution in [0.5, 0.6) is 0 Å². The molecule has 0 aromatic heterocycles. The van der Waals surface area contributed by atoms with Gasteiger partial charge in [0.15, 0.2) is 0 Å². The molecule has 0 aliphatic rings. The van der Waals surface area contributed by atoms with Gasteiger partial charge >= 0.3 is 58.2 Å². The van der Waals surface area contributed by atoms with E-state index in [1.165, 1.54) is 0 Å². The molecule has 0 rings (SSSR count). The number of rotatable bonds is 0. The average molecular weight is 168 g/mol. The normalized spacial score (nSPS) is 0.500. The summed E-state index contributed by atoms with van der Waals surface area (Å²) in [5.41, 5.74) is 0. The van der Waals surface area contributed by atoms with Crippen molar-refractivity contribution < 1.29 is 76.7 Å². The Morgan fingerprint density at radius 1 is 1.50 bits per heavy atom. The molecule has 0 aliphatic heterocycles. The van der Waals surface area contributed by atoms with E-state index in [1.54, 1.807) is 0 Å². The van der Waals surface area contributed by atoms with Crippen LogP contribution in [0.2, 0.25) is 0 Å². The molecular formula is CHFeNRb-. The molecule has 0 aromatic carbocycles. The largest absolute Gasteiger partial charge is 1.00 e. The Kier molecular flexibility index (Phi) is 90.5. The Bertz CT molecular complexity index is 16.4. The van der Waals surface area contributed by atoms with Gasteiger partial charge in [-0.2, -0.15) is 0 Å². The van der Waals surface area contributed by atoms with E-state index < -0.39 is 0 Å². The second-order valence-corrected chi connectivity index (χ2v) is 0. The molecule has 0 unspecified atom stereocenters. The van der Waals surface area contributed by atoms with E-state index in [2.05, 4.69) is 0 Å². The Hall–Kier alpha value is 1.81. The Morgan fingerprint density at radius 3 is 1.50 bits per heavy atom. The first-order valence-electron chi connectivity index (χ1n) is 0.224. The topological polar surface area (TPSA) is 23.8 Å². The van der Waals surface area contributed by atoms with Crippen LogP contribution in [0.4, 0.5) is 0 Å². The van der Waals surface area contributed by atoms with Crippen molar-refractivity contribution in [1.29, 1.82) is 5.26 Å². The van der Waals surface area contributed by atoms with Crippen LogP contribution in [-0.2, 0) is 17.1 Å². The predicted molar refractivity (Wildman–Crippen MR) is 6.08 cm³/mol. The van der Waals surface area contributed by atoms with E-state index in [0.717, 1.165) is 0 Å². The van der Waals surface area contributed by atoms with Crippen LogP contribution in [0, 0.1) is 11.8 Å². The number of hydrogen-bond acceptors (Lipinski definition) is 1. The summed E-state index contributed by atoms with van der Waals surface area (Å²) in [7, 11) is 0. The molecule has 0 amide bonds. The summed E-state index contributed by atoms with van der Waals surface area (Å²) in [4.78, 5) is 0.